The molecule has 0 rings (SSSR count). The predicted octanol–water partition coefficient (Wildman–Crippen LogP) is 3.07. The maximum atomic E-state index is 11.2. The molecule has 21 heavy (non-hydrogen) atoms. The third-order valence-corrected chi connectivity index (χ3v) is 3.38. The Morgan fingerprint density at radius 1 is 0.762 bits per heavy atom. The zero-order chi connectivity index (χ0) is 15.1. The summed E-state index contributed by atoms with van der Waals surface area (Å²) in [6.45, 7) is 2.01. The maximum absolute atomic E-state index is 11.2. The van der Waals surface area contributed by atoms with Gasteiger partial charge in [0.05, 0.1) is 6.54 Å². The van der Waals surface area contributed by atoms with Gasteiger partial charge in [0.25, 0.3) is 0 Å². The molecular formula is C16H32NNaO3. The summed E-state index contributed by atoms with van der Waals surface area (Å²) in [6.07, 6.45) is 13.9. The Kier molecular flexibility index (Phi) is 20.2. The van der Waals surface area contributed by atoms with Gasteiger partial charge in [0.15, 0.2) is 0 Å². The van der Waals surface area contributed by atoms with E-state index in [1.54, 1.807) is 0 Å². The molecule has 0 aromatic heterocycles. The van der Waals surface area contributed by atoms with Crippen LogP contribution in [0.4, 0.5) is 0 Å². The molecule has 4 nitrogen and oxygen atoms in total. The topological polar surface area (TPSA) is 69.4 Å². The van der Waals surface area contributed by atoms with Gasteiger partial charge in [0, 0.05) is 6.42 Å². The van der Waals surface area contributed by atoms with Gasteiger partial charge in [0.1, 0.15) is 0 Å². The van der Waals surface area contributed by atoms with Crippen molar-refractivity contribution in [2.45, 2.75) is 84.0 Å². The van der Waals surface area contributed by atoms with Crippen LogP contribution in [0.1, 0.15) is 84.0 Å². The van der Waals surface area contributed by atoms with Crippen molar-refractivity contribution in [3.63, 3.8) is 0 Å². The van der Waals surface area contributed by atoms with Crippen LogP contribution in [-0.2, 0) is 14.3 Å². The van der Waals surface area contributed by atoms with Crippen molar-refractivity contribution in [1.29, 1.82) is 0 Å². The fraction of sp³-hybridized carbons (Fsp3) is 0.875. The Morgan fingerprint density at radius 3 is 1.62 bits per heavy atom. The second-order valence-electron chi connectivity index (χ2n) is 5.34. The molecule has 0 bridgehead atoms. The first-order valence-corrected chi connectivity index (χ1v) is 8.14. The van der Waals surface area contributed by atoms with Gasteiger partial charge >= 0.3 is 41.5 Å². The second kappa shape index (κ2) is 18.1. The van der Waals surface area contributed by atoms with Gasteiger partial charge in [-0.1, -0.05) is 71.1 Å². The van der Waals surface area contributed by atoms with Gasteiger partial charge in [-0.2, -0.15) is 0 Å². The van der Waals surface area contributed by atoms with Gasteiger partial charge in [-0.05, 0) is 6.42 Å². The minimum atomic E-state index is -0.641. The second-order valence-corrected chi connectivity index (χ2v) is 5.34. The zero-order valence-corrected chi connectivity index (χ0v) is 13.0. The number of hydrogen-bond donors (Lipinski definition) is 1. The summed E-state index contributed by atoms with van der Waals surface area (Å²) in [5.74, 6) is -1.09. The number of nitrogens with two attached hydrogens (primary N) is 1. The van der Waals surface area contributed by atoms with E-state index in [0.29, 0.717) is 6.42 Å². The number of esters is 2. The van der Waals surface area contributed by atoms with Crippen molar-refractivity contribution in [3.05, 3.63) is 0 Å². The van der Waals surface area contributed by atoms with Crippen molar-refractivity contribution in [1.82, 2.24) is 0 Å². The van der Waals surface area contributed by atoms with Crippen LogP contribution >= 0.6 is 0 Å². The van der Waals surface area contributed by atoms with E-state index < -0.39 is 11.9 Å². The first-order valence-electron chi connectivity index (χ1n) is 8.14. The van der Waals surface area contributed by atoms with Crippen LogP contribution in [0.25, 0.3) is 0 Å². The molecule has 0 aromatic rings. The quantitative estimate of drug-likeness (QED) is 0.246. The van der Waals surface area contributed by atoms with Crippen LogP contribution in [0.2, 0.25) is 0 Å². The molecule has 0 unspecified atom stereocenters. The molecule has 0 aliphatic carbocycles. The summed E-state index contributed by atoms with van der Waals surface area (Å²) in [7, 11) is 0. The third-order valence-electron chi connectivity index (χ3n) is 3.38. The van der Waals surface area contributed by atoms with Gasteiger partial charge in [-0.25, -0.2) is 0 Å². The predicted molar refractivity (Wildman–Crippen MR) is 88.4 cm³/mol. The molecule has 0 spiro atoms. The number of ether oxygens (including phenoxy) is 1. The third kappa shape index (κ3) is 18.1. The molecule has 0 aliphatic rings. The zero-order valence-electron chi connectivity index (χ0n) is 13.0. The molecule has 0 saturated carbocycles. The summed E-state index contributed by atoms with van der Waals surface area (Å²) in [6, 6.07) is 0. The van der Waals surface area contributed by atoms with E-state index in [9.17, 15) is 9.59 Å². The van der Waals surface area contributed by atoms with E-state index >= 15 is 0 Å². The minimum absolute atomic E-state index is 0. The van der Waals surface area contributed by atoms with Crippen LogP contribution < -0.4 is 5.73 Å². The van der Waals surface area contributed by atoms with Crippen molar-refractivity contribution in [2.24, 2.45) is 5.73 Å². The van der Waals surface area contributed by atoms with Gasteiger partial charge < -0.3 is 10.5 Å². The molecule has 0 aromatic carbocycles. The van der Waals surface area contributed by atoms with Crippen LogP contribution in [-0.4, -0.2) is 48.0 Å². The molecule has 5 heteroatoms. The van der Waals surface area contributed by atoms with Gasteiger partial charge in [-0.15, -0.1) is 0 Å². The number of rotatable bonds is 13. The summed E-state index contributed by atoms with van der Waals surface area (Å²) < 4.78 is 4.49. The van der Waals surface area contributed by atoms with Crippen LogP contribution in [0, 0.1) is 0 Å². The van der Waals surface area contributed by atoms with Crippen molar-refractivity contribution in [3.8, 4) is 0 Å². The van der Waals surface area contributed by atoms with E-state index in [-0.39, 0.29) is 36.1 Å². The fourth-order valence-electron chi connectivity index (χ4n) is 2.15. The van der Waals surface area contributed by atoms with Crippen molar-refractivity contribution in [2.75, 3.05) is 6.54 Å². The average Bonchev–Trinajstić information content (AvgIpc) is 2.44. The monoisotopic (exact) mass is 309 g/mol. The standard InChI is InChI=1S/C16H31NO3.Na.H/c1-2-3-4-5-6-7-8-9-10-11-12-13-15(18)20-16(19)14-17;;/h2-14,17H2,1H3;;. The van der Waals surface area contributed by atoms with Crippen LogP contribution in [0.5, 0.6) is 0 Å². The van der Waals surface area contributed by atoms with Crippen LogP contribution in [0.15, 0.2) is 0 Å². The van der Waals surface area contributed by atoms with Crippen LogP contribution in [0.3, 0.4) is 0 Å². The van der Waals surface area contributed by atoms with E-state index in [1.165, 1.54) is 51.4 Å². The molecular weight excluding hydrogens is 277 g/mol. The van der Waals surface area contributed by atoms with E-state index in [2.05, 4.69) is 11.7 Å². The van der Waals surface area contributed by atoms with E-state index in [0.717, 1.165) is 19.3 Å². The normalized spacial score (nSPS) is 10.0. The summed E-state index contributed by atoms with van der Waals surface area (Å²) in [5.41, 5.74) is 5.05. The summed E-state index contributed by atoms with van der Waals surface area (Å²) >= 11 is 0. The van der Waals surface area contributed by atoms with Gasteiger partial charge in [-0.3, -0.25) is 9.59 Å². The number of hydrogen-bond acceptors (Lipinski definition) is 4. The molecule has 0 amide bonds. The molecule has 0 aliphatic heterocycles. The number of carbonyl (C=O) groups is 2. The average molecular weight is 309 g/mol. The molecule has 0 fully saturated rings. The Hall–Kier alpha value is 0.1000. The van der Waals surface area contributed by atoms with Crippen molar-refractivity contribution < 1.29 is 14.3 Å². The molecule has 2 N–H and O–H groups in total. The first-order chi connectivity index (χ1) is 9.70. The fourth-order valence-corrected chi connectivity index (χ4v) is 2.15. The van der Waals surface area contributed by atoms with E-state index in [1.807, 2.05) is 0 Å². The van der Waals surface area contributed by atoms with E-state index in [4.69, 9.17) is 5.73 Å². The molecule has 120 valence electrons. The molecule has 0 radical (unpaired) electrons. The van der Waals surface area contributed by atoms with Crippen molar-refractivity contribution >= 4 is 41.5 Å². The Bertz CT molecular complexity index is 260. The SMILES string of the molecule is CCCCCCCCCCCCCC(=O)OC(=O)CN.[NaH]. The first kappa shape index (κ1) is 23.4. The Morgan fingerprint density at radius 2 is 1.19 bits per heavy atom. The Labute approximate surface area is 151 Å². The number of unbranched alkanes of at least 4 members (excludes halogenated alkanes) is 10. The van der Waals surface area contributed by atoms with Gasteiger partial charge in [0.2, 0.25) is 0 Å². The molecule has 0 heterocycles. The molecule has 0 saturated heterocycles. The molecule has 0 atom stereocenters. The summed E-state index contributed by atoms with van der Waals surface area (Å²) in [5, 5.41) is 0. The Balaban J connectivity index is 0. The summed E-state index contributed by atoms with van der Waals surface area (Å²) in [4.78, 5) is 21.9. The number of carbonyl (C=O) groups excluding carboxylic acids is 2.